The summed E-state index contributed by atoms with van der Waals surface area (Å²) in [7, 11) is 0. The van der Waals surface area contributed by atoms with Gasteiger partial charge in [0.1, 0.15) is 17.9 Å². The molecule has 1 heterocycles. The number of benzene rings is 3. The summed E-state index contributed by atoms with van der Waals surface area (Å²) in [5.41, 5.74) is 1.24. The Hall–Kier alpha value is -2.93. The summed E-state index contributed by atoms with van der Waals surface area (Å²) in [6, 6.07) is 17.0. The van der Waals surface area contributed by atoms with E-state index in [9.17, 15) is 9.59 Å². The average Bonchev–Trinajstić information content (AvgIpc) is 2.70. The molecule has 4 rings (SSSR count). The maximum absolute atomic E-state index is 12.2. The molecule has 3 aromatic rings. The van der Waals surface area contributed by atoms with Crippen molar-refractivity contribution >= 4 is 69.2 Å². The summed E-state index contributed by atoms with van der Waals surface area (Å²) in [5.74, 6) is -0.907. The van der Waals surface area contributed by atoms with Gasteiger partial charge in [-0.05, 0) is 46.8 Å². The maximum Gasteiger partial charge on any atom is 0.263 e. The van der Waals surface area contributed by atoms with Gasteiger partial charge in [-0.25, -0.2) is 0 Å². The molecule has 30 heavy (non-hydrogen) atoms. The van der Waals surface area contributed by atoms with E-state index in [-0.39, 0.29) is 22.3 Å². The predicted octanol–water partition coefficient (Wildman–Crippen LogP) is 4.64. The Kier molecular flexibility index (Phi) is 5.72. The van der Waals surface area contributed by atoms with Gasteiger partial charge in [0, 0.05) is 10.6 Å². The zero-order valence-electron chi connectivity index (χ0n) is 15.4. The highest BCUT2D eigenvalue weighted by molar-refractivity contribution is 7.80. The second-order valence-corrected chi connectivity index (χ2v) is 7.78. The van der Waals surface area contributed by atoms with E-state index in [4.69, 9.17) is 40.2 Å². The van der Waals surface area contributed by atoms with Crippen LogP contribution >= 0.6 is 35.4 Å². The molecule has 5 nitrogen and oxygen atoms in total. The van der Waals surface area contributed by atoms with Crippen LogP contribution in [0.4, 0.5) is 0 Å². The van der Waals surface area contributed by atoms with Crippen LogP contribution in [0.3, 0.4) is 0 Å². The van der Waals surface area contributed by atoms with Gasteiger partial charge in [0.25, 0.3) is 11.8 Å². The number of carbonyl (C=O) groups excluding carboxylic acids is 2. The van der Waals surface area contributed by atoms with Gasteiger partial charge < -0.3 is 4.74 Å². The topological polar surface area (TPSA) is 67.4 Å². The molecule has 1 saturated heterocycles. The second-order valence-electron chi connectivity index (χ2n) is 6.53. The normalized spacial score (nSPS) is 13.8. The minimum atomic E-state index is -0.611. The highest BCUT2D eigenvalue weighted by Gasteiger charge is 2.26. The molecule has 0 radical (unpaired) electrons. The molecule has 3 aromatic carbocycles. The van der Waals surface area contributed by atoms with Crippen molar-refractivity contribution in [2.45, 2.75) is 6.61 Å². The summed E-state index contributed by atoms with van der Waals surface area (Å²) in [5, 5.41) is 7.50. The molecule has 1 fully saturated rings. The fourth-order valence-electron chi connectivity index (χ4n) is 3.17. The molecule has 1 aliphatic heterocycles. The third kappa shape index (κ3) is 4.16. The molecule has 0 bridgehead atoms. The zero-order valence-corrected chi connectivity index (χ0v) is 17.7. The number of carbonyl (C=O) groups is 2. The van der Waals surface area contributed by atoms with Crippen LogP contribution in [0.15, 0.2) is 60.2 Å². The van der Waals surface area contributed by atoms with Crippen LogP contribution in [0.2, 0.25) is 10.0 Å². The average molecular weight is 457 g/mol. The van der Waals surface area contributed by atoms with Crippen molar-refractivity contribution in [3.05, 3.63) is 81.3 Å². The number of rotatable bonds is 4. The fourth-order valence-corrected chi connectivity index (χ4v) is 3.92. The number of thiocarbonyl (C=S) groups is 1. The van der Waals surface area contributed by atoms with Gasteiger partial charge >= 0.3 is 0 Å². The largest absolute Gasteiger partial charge is 0.487 e. The second kappa shape index (κ2) is 8.44. The first-order valence-corrected chi connectivity index (χ1v) is 10.1. The minimum absolute atomic E-state index is 0.0429. The van der Waals surface area contributed by atoms with E-state index in [2.05, 4.69) is 10.6 Å². The lowest BCUT2D eigenvalue weighted by atomic mass is 10.1. The molecular weight excluding hydrogens is 443 g/mol. The summed E-state index contributed by atoms with van der Waals surface area (Å²) >= 11 is 17.3. The summed E-state index contributed by atoms with van der Waals surface area (Å²) in [4.78, 5) is 24.4. The van der Waals surface area contributed by atoms with Crippen molar-refractivity contribution in [2.24, 2.45) is 0 Å². The lowest BCUT2D eigenvalue weighted by molar-refractivity contribution is -0.123. The van der Waals surface area contributed by atoms with Gasteiger partial charge in [-0.1, -0.05) is 65.7 Å². The Labute approximate surface area is 187 Å². The van der Waals surface area contributed by atoms with Gasteiger partial charge in [-0.15, -0.1) is 0 Å². The number of halogens is 2. The molecule has 2 amide bonds. The van der Waals surface area contributed by atoms with Crippen LogP contribution in [0, 0.1) is 0 Å². The third-order valence-electron chi connectivity index (χ3n) is 4.53. The van der Waals surface area contributed by atoms with Crippen molar-refractivity contribution in [3.8, 4) is 5.75 Å². The first kappa shape index (κ1) is 20.3. The molecular formula is C22H14Cl2N2O3S. The van der Waals surface area contributed by atoms with Crippen molar-refractivity contribution in [2.75, 3.05) is 0 Å². The van der Waals surface area contributed by atoms with Gasteiger partial charge in [0.2, 0.25) is 0 Å². The van der Waals surface area contributed by atoms with E-state index >= 15 is 0 Å². The SMILES string of the molecule is O=C1NC(=S)NC(=O)C1=Cc1cc(Cl)cc(Cl)c1OCc1cccc2ccccc12. The Morgan fingerprint density at radius 3 is 2.43 bits per heavy atom. The zero-order chi connectivity index (χ0) is 21.3. The molecule has 0 saturated carbocycles. The molecule has 0 atom stereocenters. The first-order valence-electron chi connectivity index (χ1n) is 8.89. The van der Waals surface area contributed by atoms with Gasteiger partial charge in [-0.2, -0.15) is 0 Å². The summed E-state index contributed by atoms with van der Waals surface area (Å²) in [6.07, 6.45) is 1.38. The number of fused-ring (bicyclic) bond motifs is 1. The number of nitrogens with one attached hydrogen (secondary N) is 2. The number of hydrogen-bond donors (Lipinski definition) is 2. The smallest absolute Gasteiger partial charge is 0.263 e. The Balaban J connectivity index is 1.70. The Bertz CT molecular complexity index is 1210. The molecule has 0 spiro atoms. The van der Waals surface area contributed by atoms with Gasteiger partial charge in [-0.3, -0.25) is 20.2 Å². The highest BCUT2D eigenvalue weighted by atomic mass is 35.5. The molecule has 0 aromatic heterocycles. The van der Waals surface area contributed by atoms with Crippen LogP contribution in [-0.4, -0.2) is 16.9 Å². The van der Waals surface area contributed by atoms with Crippen LogP contribution in [0.1, 0.15) is 11.1 Å². The lowest BCUT2D eigenvalue weighted by Crippen LogP contribution is -2.51. The van der Waals surface area contributed by atoms with Crippen LogP contribution < -0.4 is 15.4 Å². The summed E-state index contributed by atoms with van der Waals surface area (Å²) < 4.78 is 6.03. The van der Waals surface area contributed by atoms with Crippen LogP contribution in [0.5, 0.6) is 5.75 Å². The molecule has 0 unspecified atom stereocenters. The standard InChI is InChI=1S/C22H14Cl2N2O3S/c23-15-8-14(9-17-20(27)25-22(30)26-21(17)28)19(18(24)10-15)29-11-13-6-3-5-12-4-1-2-7-16(12)13/h1-10H,11H2,(H2,25,26,27,28,30). The lowest BCUT2D eigenvalue weighted by Gasteiger charge is -2.18. The first-order chi connectivity index (χ1) is 14.4. The number of hydrogen-bond acceptors (Lipinski definition) is 4. The maximum atomic E-state index is 12.2. The van der Waals surface area contributed by atoms with E-state index < -0.39 is 11.8 Å². The number of amides is 2. The van der Waals surface area contributed by atoms with E-state index in [0.717, 1.165) is 16.3 Å². The quantitative estimate of drug-likeness (QED) is 0.340. The van der Waals surface area contributed by atoms with E-state index in [1.54, 1.807) is 12.1 Å². The fraction of sp³-hybridized carbons (Fsp3) is 0.0455. The van der Waals surface area contributed by atoms with E-state index in [1.165, 1.54) is 6.08 Å². The van der Waals surface area contributed by atoms with Crippen LogP contribution in [0.25, 0.3) is 16.8 Å². The molecule has 150 valence electrons. The van der Waals surface area contributed by atoms with Crippen molar-refractivity contribution in [1.29, 1.82) is 0 Å². The number of ether oxygens (including phenoxy) is 1. The van der Waals surface area contributed by atoms with Crippen molar-refractivity contribution in [1.82, 2.24) is 10.6 Å². The van der Waals surface area contributed by atoms with Gasteiger partial charge in [0.05, 0.1) is 5.02 Å². The molecule has 2 N–H and O–H groups in total. The summed E-state index contributed by atoms with van der Waals surface area (Å²) in [6.45, 7) is 0.237. The van der Waals surface area contributed by atoms with E-state index in [1.807, 2.05) is 42.5 Å². The van der Waals surface area contributed by atoms with Crippen LogP contribution in [-0.2, 0) is 16.2 Å². The minimum Gasteiger partial charge on any atom is -0.487 e. The highest BCUT2D eigenvalue weighted by Crippen LogP contribution is 2.35. The molecule has 0 aliphatic carbocycles. The van der Waals surface area contributed by atoms with Crippen molar-refractivity contribution < 1.29 is 14.3 Å². The Morgan fingerprint density at radius 1 is 0.967 bits per heavy atom. The molecule has 8 heteroatoms. The predicted molar refractivity (Wildman–Crippen MR) is 122 cm³/mol. The van der Waals surface area contributed by atoms with E-state index in [0.29, 0.717) is 16.3 Å². The Morgan fingerprint density at radius 2 is 1.67 bits per heavy atom. The third-order valence-corrected chi connectivity index (χ3v) is 5.24. The molecule has 1 aliphatic rings. The van der Waals surface area contributed by atoms with Gasteiger partial charge in [0.15, 0.2) is 5.11 Å². The van der Waals surface area contributed by atoms with Crippen molar-refractivity contribution in [3.63, 3.8) is 0 Å². The monoisotopic (exact) mass is 456 g/mol.